The van der Waals surface area contributed by atoms with Gasteiger partial charge in [-0.3, -0.25) is 10.1 Å². The SMILES string of the molecule is O=C1CC[C@H](CN(C[C@@H](O)[C@H](Cc2ccccc2)NC(=O)O[C@@H]2C[C@@H]3CCO[C@@H]3C2)S(=O)(=O)c2ccc(NC(=O)OCc3ccccc3)cc2)N1. The summed E-state index contributed by atoms with van der Waals surface area (Å²) in [6, 6.07) is 22.7. The molecule has 3 amide bonds. The van der Waals surface area contributed by atoms with E-state index < -0.39 is 40.4 Å². The van der Waals surface area contributed by atoms with Gasteiger partial charge in [0.25, 0.3) is 0 Å². The monoisotopic (exact) mass is 720 g/mol. The van der Waals surface area contributed by atoms with Crippen molar-refractivity contribution < 1.29 is 42.1 Å². The van der Waals surface area contributed by atoms with Crippen molar-refractivity contribution in [2.24, 2.45) is 5.92 Å². The van der Waals surface area contributed by atoms with E-state index in [1.165, 1.54) is 24.3 Å². The summed E-state index contributed by atoms with van der Waals surface area (Å²) in [5.74, 6) is 0.182. The lowest BCUT2D eigenvalue weighted by Crippen LogP contribution is -2.52. The largest absolute Gasteiger partial charge is 0.446 e. The van der Waals surface area contributed by atoms with Crippen molar-refractivity contribution in [3.8, 4) is 0 Å². The molecule has 0 unspecified atom stereocenters. The number of anilines is 1. The lowest BCUT2D eigenvalue weighted by molar-refractivity contribution is -0.119. The van der Waals surface area contributed by atoms with E-state index in [0.717, 1.165) is 21.9 Å². The highest BCUT2D eigenvalue weighted by atomic mass is 32.2. The van der Waals surface area contributed by atoms with Crippen LogP contribution in [-0.2, 0) is 42.1 Å². The van der Waals surface area contributed by atoms with Crippen LogP contribution in [0.1, 0.15) is 43.2 Å². The molecule has 0 spiro atoms. The molecule has 3 aromatic carbocycles. The molecule has 2 saturated heterocycles. The highest BCUT2D eigenvalue weighted by Gasteiger charge is 2.41. The number of fused-ring (bicyclic) bond motifs is 1. The number of amides is 3. The molecule has 1 saturated carbocycles. The average molecular weight is 721 g/mol. The number of rotatable bonds is 14. The first-order valence-electron chi connectivity index (χ1n) is 17.3. The number of hydrogen-bond acceptors (Lipinski definition) is 9. The zero-order valence-corrected chi connectivity index (χ0v) is 29.0. The Bertz CT molecular complexity index is 1730. The molecule has 3 aromatic rings. The molecule has 51 heavy (non-hydrogen) atoms. The number of alkyl carbamates (subject to hydrolysis) is 1. The number of ether oxygens (including phenoxy) is 3. The van der Waals surface area contributed by atoms with Gasteiger partial charge in [-0.05, 0) is 67.0 Å². The lowest BCUT2D eigenvalue weighted by Gasteiger charge is -2.31. The molecule has 2 heterocycles. The predicted molar refractivity (Wildman–Crippen MR) is 187 cm³/mol. The summed E-state index contributed by atoms with van der Waals surface area (Å²) in [5.41, 5.74) is 1.97. The Morgan fingerprint density at radius 1 is 0.941 bits per heavy atom. The summed E-state index contributed by atoms with van der Waals surface area (Å²) in [7, 11) is -4.23. The van der Waals surface area contributed by atoms with Gasteiger partial charge in [0.2, 0.25) is 15.9 Å². The van der Waals surface area contributed by atoms with Crippen molar-refractivity contribution >= 4 is 33.8 Å². The molecule has 272 valence electrons. The summed E-state index contributed by atoms with van der Waals surface area (Å²) >= 11 is 0. The van der Waals surface area contributed by atoms with Crippen LogP contribution in [0.5, 0.6) is 0 Å². The van der Waals surface area contributed by atoms with Crippen molar-refractivity contribution in [2.45, 2.75) is 80.4 Å². The summed E-state index contributed by atoms with van der Waals surface area (Å²) < 4.78 is 46.1. The first-order valence-corrected chi connectivity index (χ1v) is 18.7. The van der Waals surface area contributed by atoms with Gasteiger partial charge in [0.15, 0.2) is 0 Å². The topological polar surface area (TPSA) is 173 Å². The van der Waals surface area contributed by atoms with E-state index in [4.69, 9.17) is 14.2 Å². The van der Waals surface area contributed by atoms with Crippen molar-refractivity contribution in [3.05, 3.63) is 96.1 Å². The summed E-state index contributed by atoms with van der Waals surface area (Å²) in [4.78, 5) is 37.5. The second-order valence-corrected chi connectivity index (χ2v) is 15.2. The molecule has 1 aliphatic carbocycles. The number of nitrogens with zero attached hydrogens (tertiary/aromatic N) is 1. The number of aliphatic hydroxyl groups excluding tert-OH is 1. The Labute approximate surface area is 297 Å². The van der Waals surface area contributed by atoms with E-state index in [-0.39, 0.29) is 55.5 Å². The number of carbonyl (C=O) groups excluding carboxylic acids is 3. The summed E-state index contributed by atoms with van der Waals surface area (Å²) in [5, 5.41) is 19.9. The predicted octanol–water partition coefficient (Wildman–Crippen LogP) is 3.97. The van der Waals surface area contributed by atoms with E-state index in [0.29, 0.717) is 37.5 Å². The Morgan fingerprint density at radius 2 is 1.65 bits per heavy atom. The Hall–Kier alpha value is -4.50. The van der Waals surface area contributed by atoms with Gasteiger partial charge < -0.3 is 30.0 Å². The van der Waals surface area contributed by atoms with Crippen LogP contribution in [0, 0.1) is 5.92 Å². The maximum Gasteiger partial charge on any atom is 0.411 e. The van der Waals surface area contributed by atoms with Gasteiger partial charge in [-0.25, -0.2) is 18.0 Å². The number of benzene rings is 3. The summed E-state index contributed by atoms with van der Waals surface area (Å²) in [6.45, 7) is 0.320. The highest BCUT2D eigenvalue weighted by Crippen LogP contribution is 2.37. The fraction of sp³-hybridized carbons (Fsp3) is 0.432. The minimum absolute atomic E-state index is 0.0719. The smallest absolute Gasteiger partial charge is 0.411 e. The van der Waals surface area contributed by atoms with Gasteiger partial charge in [-0.15, -0.1) is 0 Å². The van der Waals surface area contributed by atoms with Gasteiger partial charge in [-0.2, -0.15) is 4.31 Å². The average Bonchev–Trinajstić information content (AvgIpc) is 3.84. The van der Waals surface area contributed by atoms with Gasteiger partial charge in [0.1, 0.15) is 12.7 Å². The van der Waals surface area contributed by atoms with Crippen LogP contribution in [0.25, 0.3) is 0 Å². The minimum Gasteiger partial charge on any atom is -0.446 e. The Morgan fingerprint density at radius 3 is 2.31 bits per heavy atom. The molecule has 14 heteroatoms. The molecule has 6 atom stereocenters. The molecule has 0 radical (unpaired) electrons. The maximum absolute atomic E-state index is 14.1. The van der Waals surface area contributed by atoms with Crippen LogP contribution < -0.4 is 16.0 Å². The Balaban J connectivity index is 1.15. The second kappa shape index (κ2) is 16.7. The van der Waals surface area contributed by atoms with Crippen LogP contribution >= 0.6 is 0 Å². The number of hydrogen-bond donors (Lipinski definition) is 4. The zero-order chi connectivity index (χ0) is 35.8. The normalized spacial score (nSPS) is 22.5. The third-order valence-corrected chi connectivity index (χ3v) is 11.4. The molecule has 13 nitrogen and oxygen atoms in total. The molecular formula is C37H44N4O9S. The van der Waals surface area contributed by atoms with Gasteiger partial charge in [0, 0.05) is 44.3 Å². The number of nitrogens with one attached hydrogen (secondary N) is 3. The zero-order valence-electron chi connectivity index (χ0n) is 28.2. The molecule has 6 rings (SSSR count). The molecule has 2 aliphatic heterocycles. The fourth-order valence-electron chi connectivity index (χ4n) is 6.90. The third-order valence-electron chi connectivity index (χ3n) is 9.60. The van der Waals surface area contributed by atoms with Crippen molar-refractivity contribution in [2.75, 3.05) is 25.0 Å². The van der Waals surface area contributed by atoms with Gasteiger partial charge in [-0.1, -0.05) is 60.7 Å². The first-order chi connectivity index (χ1) is 24.6. The maximum atomic E-state index is 14.1. The third kappa shape index (κ3) is 9.85. The van der Waals surface area contributed by atoms with Crippen LogP contribution in [0.2, 0.25) is 0 Å². The number of carbonyl (C=O) groups is 3. The molecule has 4 N–H and O–H groups in total. The van der Waals surface area contributed by atoms with E-state index in [2.05, 4.69) is 16.0 Å². The molecule has 0 aromatic heterocycles. The highest BCUT2D eigenvalue weighted by molar-refractivity contribution is 7.89. The van der Waals surface area contributed by atoms with Crippen LogP contribution in [-0.4, -0.2) is 86.0 Å². The van der Waals surface area contributed by atoms with E-state index in [1.54, 1.807) is 0 Å². The first kappa shape index (κ1) is 36.3. The minimum atomic E-state index is -4.23. The van der Waals surface area contributed by atoms with Crippen LogP contribution in [0.3, 0.4) is 0 Å². The molecular weight excluding hydrogens is 676 g/mol. The van der Waals surface area contributed by atoms with E-state index in [1.807, 2.05) is 60.7 Å². The quantitative estimate of drug-likeness (QED) is 0.192. The Kier molecular flexibility index (Phi) is 11.9. The molecule has 3 fully saturated rings. The fourth-order valence-corrected chi connectivity index (χ4v) is 8.41. The van der Waals surface area contributed by atoms with Crippen LogP contribution in [0.15, 0.2) is 89.8 Å². The lowest BCUT2D eigenvalue weighted by atomic mass is 10.0. The van der Waals surface area contributed by atoms with E-state index >= 15 is 0 Å². The van der Waals surface area contributed by atoms with Crippen molar-refractivity contribution in [3.63, 3.8) is 0 Å². The number of aliphatic hydroxyl groups is 1. The van der Waals surface area contributed by atoms with Crippen molar-refractivity contribution in [1.29, 1.82) is 0 Å². The van der Waals surface area contributed by atoms with Crippen molar-refractivity contribution in [1.82, 2.24) is 14.9 Å². The molecule has 0 bridgehead atoms. The summed E-state index contributed by atoms with van der Waals surface area (Å²) in [6.07, 6.45) is 0.217. The molecule has 3 aliphatic rings. The standard InChI is InChI=1S/C37H44N4O9S/c42-33(32(19-25-7-3-1-4-8-25)40-37(45)50-30-20-27-17-18-48-34(27)21-30)23-41(22-29-13-16-35(43)38-29)51(46,47)31-14-11-28(12-15-31)39-36(44)49-24-26-9-5-2-6-10-26/h1-12,14-15,27,29-30,32-34,42H,13,16-24H2,(H,38,43)(H,39,44)(H,40,45)/t27-,29+,30+,32-,33+,34+/m0/s1. The second-order valence-electron chi connectivity index (χ2n) is 13.3. The van der Waals surface area contributed by atoms with Crippen LogP contribution in [0.4, 0.5) is 15.3 Å². The number of sulfonamides is 1. The van der Waals surface area contributed by atoms with Gasteiger partial charge in [0.05, 0.1) is 23.1 Å². The van der Waals surface area contributed by atoms with Gasteiger partial charge >= 0.3 is 12.2 Å². The van der Waals surface area contributed by atoms with E-state index in [9.17, 15) is 27.9 Å².